The number of carbonyl (C=O) groups is 1. The summed E-state index contributed by atoms with van der Waals surface area (Å²) in [7, 11) is -3.92. The van der Waals surface area contributed by atoms with Crippen molar-refractivity contribution in [2.45, 2.75) is 17.7 Å². The molecule has 3 heterocycles. The Hall–Kier alpha value is -2.98. The number of hydrogen-bond acceptors (Lipinski definition) is 6. The Morgan fingerprint density at radius 2 is 1.61 bits per heavy atom. The minimum atomic E-state index is -3.92. The number of rotatable bonds is 4. The van der Waals surface area contributed by atoms with Crippen LogP contribution in [0.25, 0.3) is 11.1 Å². The van der Waals surface area contributed by atoms with Crippen molar-refractivity contribution in [3.8, 4) is 0 Å². The Morgan fingerprint density at radius 1 is 0.939 bits per heavy atom. The van der Waals surface area contributed by atoms with E-state index in [0.29, 0.717) is 45.0 Å². The van der Waals surface area contributed by atoms with E-state index in [2.05, 4.69) is 9.88 Å². The molecule has 2 aliphatic heterocycles. The lowest BCUT2D eigenvalue weighted by Crippen LogP contribution is -2.53. The summed E-state index contributed by atoms with van der Waals surface area (Å²) < 4.78 is 46.7. The van der Waals surface area contributed by atoms with Crippen LogP contribution in [0.2, 0.25) is 0 Å². The highest BCUT2D eigenvalue weighted by Crippen LogP contribution is 2.28. The van der Waals surface area contributed by atoms with Crippen molar-refractivity contribution in [2.24, 2.45) is 5.92 Å². The molecule has 10 heteroatoms. The molecule has 2 aliphatic rings. The van der Waals surface area contributed by atoms with Crippen molar-refractivity contribution in [2.75, 3.05) is 44.2 Å². The molecule has 0 unspecified atom stereocenters. The third kappa shape index (κ3) is 4.20. The van der Waals surface area contributed by atoms with E-state index in [1.807, 2.05) is 24.3 Å². The van der Waals surface area contributed by atoms with Crippen molar-refractivity contribution >= 4 is 33.0 Å². The van der Waals surface area contributed by atoms with Gasteiger partial charge in [0.1, 0.15) is 16.2 Å². The first-order valence-corrected chi connectivity index (χ1v) is 12.5. The highest BCUT2D eigenvalue weighted by molar-refractivity contribution is 7.89. The third-order valence-corrected chi connectivity index (χ3v) is 8.33. The van der Waals surface area contributed by atoms with E-state index in [4.69, 9.17) is 4.42 Å². The van der Waals surface area contributed by atoms with Gasteiger partial charge in [-0.1, -0.05) is 24.3 Å². The summed E-state index contributed by atoms with van der Waals surface area (Å²) in [4.78, 5) is 21.1. The number of benzene rings is 2. The zero-order valence-electron chi connectivity index (χ0n) is 18.1. The number of hydrogen-bond donors (Lipinski definition) is 0. The summed E-state index contributed by atoms with van der Waals surface area (Å²) in [5.41, 5.74) is 1.56. The van der Waals surface area contributed by atoms with Gasteiger partial charge in [0.15, 0.2) is 5.58 Å². The van der Waals surface area contributed by atoms with E-state index in [1.54, 1.807) is 4.90 Å². The number of piperidine rings is 1. The van der Waals surface area contributed by atoms with Gasteiger partial charge in [0.05, 0.1) is 0 Å². The van der Waals surface area contributed by atoms with Gasteiger partial charge in [0.2, 0.25) is 15.9 Å². The molecule has 2 saturated heterocycles. The zero-order valence-corrected chi connectivity index (χ0v) is 18.9. The van der Waals surface area contributed by atoms with Crippen molar-refractivity contribution in [1.29, 1.82) is 0 Å². The van der Waals surface area contributed by atoms with Gasteiger partial charge in [-0.15, -0.1) is 0 Å². The molecule has 5 rings (SSSR count). The second kappa shape index (κ2) is 8.75. The van der Waals surface area contributed by atoms with Gasteiger partial charge in [-0.25, -0.2) is 12.8 Å². The van der Waals surface area contributed by atoms with Crippen LogP contribution in [0.5, 0.6) is 0 Å². The average molecular weight is 473 g/mol. The summed E-state index contributed by atoms with van der Waals surface area (Å²) >= 11 is 0. The fraction of sp³-hybridized carbons (Fsp3) is 0.391. The molecule has 0 atom stereocenters. The molecule has 0 aliphatic carbocycles. The zero-order chi connectivity index (χ0) is 23.0. The van der Waals surface area contributed by atoms with Gasteiger partial charge >= 0.3 is 0 Å². The molecule has 1 amide bonds. The van der Waals surface area contributed by atoms with E-state index in [9.17, 15) is 17.6 Å². The number of anilines is 1. The van der Waals surface area contributed by atoms with Gasteiger partial charge in [-0.05, 0) is 37.1 Å². The fourth-order valence-electron chi connectivity index (χ4n) is 4.51. The summed E-state index contributed by atoms with van der Waals surface area (Å²) in [6, 6.07) is 13.6. The first kappa shape index (κ1) is 21.8. The molecule has 0 radical (unpaired) electrons. The second-order valence-corrected chi connectivity index (χ2v) is 10.3. The maximum absolute atomic E-state index is 14.0. The largest absolute Gasteiger partial charge is 0.423 e. The van der Waals surface area contributed by atoms with Crippen LogP contribution in [0.15, 0.2) is 57.8 Å². The number of sulfonamides is 1. The highest BCUT2D eigenvalue weighted by Gasteiger charge is 2.35. The number of piperazine rings is 1. The molecule has 0 N–H and O–H groups in total. The quantitative estimate of drug-likeness (QED) is 0.580. The van der Waals surface area contributed by atoms with Crippen LogP contribution < -0.4 is 4.90 Å². The molecule has 33 heavy (non-hydrogen) atoms. The van der Waals surface area contributed by atoms with Crippen molar-refractivity contribution in [1.82, 2.24) is 14.2 Å². The summed E-state index contributed by atoms with van der Waals surface area (Å²) in [5, 5.41) is 0. The van der Waals surface area contributed by atoms with E-state index in [0.717, 1.165) is 17.2 Å². The van der Waals surface area contributed by atoms with Crippen LogP contribution in [-0.4, -0.2) is 67.8 Å². The molecule has 1 aromatic heterocycles. The van der Waals surface area contributed by atoms with Gasteiger partial charge in [-0.3, -0.25) is 4.79 Å². The minimum absolute atomic E-state index is 0.0511. The minimum Gasteiger partial charge on any atom is -0.423 e. The van der Waals surface area contributed by atoms with Crippen molar-refractivity contribution < 1.29 is 22.0 Å². The monoisotopic (exact) mass is 472 g/mol. The maximum atomic E-state index is 14.0. The normalized spacial score (nSPS) is 18.7. The van der Waals surface area contributed by atoms with E-state index < -0.39 is 15.8 Å². The molecular weight excluding hydrogens is 447 g/mol. The Balaban J connectivity index is 1.17. The van der Waals surface area contributed by atoms with Crippen molar-refractivity contribution in [3.05, 3.63) is 54.3 Å². The Bertz CT molecular complexity index is 1230. The molecule has 8 nitrogen and oxygen atoms in total. The summed E-state index contributed by atoms with van der Waals surface area (Å²) in [6.45, 7) is 2.26. The SMILES string of the molecule is O=C(C1CCN(c2nc3ccccc3o2)CC1)N1CCN(S(=O)(=O)c2ccccc2F)CC1. The first-order chi connectivity index (χ1) is 15.9. The fourth-order valence-corrected chi connectivity index (χ4v) is 6.00. The average Bonchev–Trinajstić information content (AvgIpc) is 3.28. The topological polar surface area (TPSA) is 87.0 Å². The molecular formula is C23H25FN4O4S. The lowest BCUT2D eigenvalue weighted by molar-refractivity contribution is -0.137. The number of oxazole rings is 1. The molecule has 2 fully saturated rings. The predicted molar refractivity (Wildman–Crippen MR) is 121 cm³/mol. The van der Waals surface area contributed by atoms with Crippen LogP contribution in [0, 0.1) is 11.7 Å². The van der Waals surface area contributed by atoms with Gasteiger partial charge in [0, 0.05) is 45.2 Å². The Kier molecular flexibility index (Phi) is 5.79. The lowest BCUT2D eigenvalue weighted by atomic mass is 9.95. The number of para-hydroxylation sites is 2. The van der Waals surface area contributed by atoms with Gasteiger partial charge in [0.25, 0.3) is 6.01 Å². The number of fused-ring (bicyclic) bond motifs is 1. The molecule has 2 aromatic carbocycles. The van der Waals surface area contributed by atoms with E-state index >= 15 is 0 Å². The maximum Gasteiger partial charge on any atom is 0.298 e. The molecule has 0 saturated carbocycles. The Morgan fingerprint density at radius 3 is 2.30 bits per heavy atom. The molecule has 3 aromatic rings. The summed E-state index contributed by atoms with van der Waals surface area (Å²) in [5.74, 6) is -0.822. The van der Waals surface area contributed by atoms with E-state index in [1.165, 1.54) is 22.5 Å². The Labute approximate surface area is 191 Å². The number of carbonyl (C=O) groups excluding carboxylic acids is 1. The van der Waals surface area contributed by atoms with Crippen LogP contribution in [0.1, 0.15) is 12.8 Å². The van der Waals surface area contributed by atoms with Gasteiger partial charge < -0.3 is 14.2 Å². The third-order valence-electron chi connectivity index (χ3n) is 6.40. The first-order valence-electron chi connectivity index (χ1n) is 11.1. The second-order valence-electron chi connectivity index (χ2n) is 8.39. The summed E-state index contributed by atoms with van der Waals surface area (Å²) in [6.07, 6.45) is 1.37. The van der Waals surface area contributed by atoms with Crippen LogP contribution in [0.4, 0.5) is 10.4 Å². The lowest BCUT2D eigenvalue weighted by Gasteiger charge is -2.37. The van der Waals surface area contributed by atoms with Gasteiger partial charge in [-0.2, -0.15) is 9.29 Å². The van der Waals surface area contributed by atoms with Crippen molar-refractivity contribution in [3.63, 3.8) is 0 Å². The highest BCUT2D eigenvalue weighted by atomic mass is 32.2. The molecule has 0 spiro atoms. The molecule has 0 bridgehead atoms. The number of amides is 1. The number of nitrogens with zero attached hydrogens (tertiary/aromatic N) is 4. The number of halogens is 1. The van der Waals surface area contributed by atoms with Crippen LogP contribution >= 0.6 is 0 Å². The predicted octanol–water partition coefficient (Wildman–Crippen LogP) is 2.72. The van der Waals surface area contributed by atoms with E-state index in [-0.39, 0.29) is 29.8 Å². The number of aromatic nitrogens is 1. The standard InChI is InChI=1S/C23H25FN4O4S/c24-18-5-1-4-8-21(18)33(30,31)28-15-13-26(14-16-28)22(29)17-9-11-27(12-10-17)23-25-19-6-2-3-7-20(19)32-23/h1-8,17H,9-16H2. The van der Waals surface area contributed by atoms with Crippen LogP contribution in [-0.2, 0) is 14.8 Å². The smallest absolute Gasteiger partial charge is 0.298 e. The van der Waals surface area contributed by atoms with Crippen LogP contribution in [0.3, 0.4) is 0 Å². The molecule has 174 valence electrons.